The van der Waals surface area contributed by atoms with Gasteiger partial charge < -0.3 is 20.4 Å². The molecule has 7 heteroatoms. The molecule has 1 heterocycles. The Morgan fingerprint density at radius 2 is 1.64 bits per heavy atom. The van der Waals surface area contributed by atoms with Crippen LogP contribution in [0, 0.1) is 17.7 Å². The molecule has 6 nitrogen and oxygen atoms in total. The number of amides is 2. The summed E-state index contributed by atoms with van der Waals surface area (Å²) < 4.78 is 18.6. The Hall–Kier alpha value is -3.35. The van der Waals surface area contributed by atoms with Gasteiger partial charge in [-0.2, -0.15) is 0 Å². The topological polar surface area (TPSA) is 83.2 Å². The highest BCUT2D eigenvalue weighted by Gasteiger charge is 2.22. The average molecular weight is 496 g/mol. The first kappa shape index (κ1) is 27.2. The summed E-state index contributed by atoms with van der Waals surface area (Å²) in [6, 6.07) is 14.1. The van der Waals surface area contributed by atoms with Gasteiger partial charge in [-0.25, -0.2) is 9.18 Å². The fourth-order valence-corrected chi connectivity index (χ4v) is 4.04. The minimum Gasteiger partial charge on any atom is -0.444 e. The minimum atomic E-state index is -0.533. The lowest BCUT2D eigenvalue weighted by atomic mass is 9.94. The number of hydrogen-bond acceptors (Lipinski definition) is 3. The molecule has 3 aromatic rings. The van der Waals surface area contributed by atoms with E-state index in [1.54, 1.807) is 12.1 Å². The van der Waals surface area contributed by atoms with E-state index in [0.717, 1.165) is 34.9 Å². The van der Waals surface area contributed by atoms with E-state index in [2.05, 4.69) is 36.4 Å². The van der Waals surface area contributed by atoms with Gasteiger partial charge in [-0.05, 0) is 86.9 Å². The van der Waals surface area contributed by atoms with Gasteiger partial charge >= 0.3 is 6.09 Å². The van der Waals surface area contributed by atoms with Crippen LogP contribution in [0.4, 0.5) is 9.18 Å². The second kappa shape index (κ2) is 11.6. The summed E-state index contributed by atoms with van der Waals surface area (Å²) in [7, 11) is 0. The molecule has 0 aliphatic heterocycles. The number of carbonyl (C=O) groups excluding carboxylic acids is 2. The number of benzene rings is 2. The zero-order valence-corrected chi connectivity index (χ0v) is 22.1. The highest BCUT2D eigenvalue weighted by Crippen LogP contribution is 2.25. The third-order valence-electron chi connectivity index (χ3n) is 6.13. The van der Waals surface area contributed by atoms with Crippen molar-refractivity contribution < 1.29 is 18.7 Å². The summed E-state index contributed by atoms with van der Waals surface area (Å²) in [5, 5.41) is 6.91. The van der Waals surface area contributed by atoms with E-state index in [9.17, 15) is 14.0 Å². The second-order valence-electron chi connectivity index (χ2n) is 10.9. The molecule has 2 aromatic carbocycles. The Labute approximate surface area is 213 Å². The van der Waals surface area contributed by atoms with E-state index in [1.165, 1.54) is 12.1 Å². The lowest BCUT2D eigenvalue weighted by Crippen LogP contribution is -2.42. The van der Waals surface area contributed by atoms with Gasteiger partial charge in [0.25, 0.3) is 5.91 Å². The quantitative estimate of drug-likeness (QED) is 0.310. The molecule has 0 saturated heterocycles. The summed E-state index contributed by atoms with van der Waals surface area (Å²) >= 11 is 0. The Morgan fingerprint density at radius 1 is 0.972 bits per heavy atom. The molecule has 0 bridgehead atoms. The monoisotopic (exact) mass is 495 g/mol. The van der Waals surface area contributed by atoms with Crippen molar-refractivity contribution in [3.8, 4) is 11.1 Å². The maximum Gasteiger partial charge on any atom is 0.407 e. The molecular formula is C29H38FN3O3. The number of fused-ring (bicyclic) bond motifs is 1. The molecule has 0 saturated carbocycles. The van der Waals surface area contributed by atoms with E-state index >= 15 is 0 Å². The Bertz CT molecular complexity index is 1180. The molecule has 0 aliphatic rings. The summed E-state index contributed by atoms with van der Waals surface area (Å²) in [5.74, 6) is 0.0814. The van der Waals surface area contributed by atoms with Crippen molar-refractivity contribution in [2.75, 3.05) is 6.54 Å². The third kappa shape index (κ3) is 7.83. The van der Waals surface area contributed by atoms with Gasteiger partial charge in [0.2, 0.25) is 0 Å². The van der Waals surface area contributed by atoms with E-state index in [1.807, 2.05) is 45.0 Å². The summed E-state index contributed by atoms with van der Waals surface area (Å²) in [5.41, 5.74) is 2.71. The van der Waals surface area contributed by atoms with Crippen LogP contribution in [-0.4, -0.2) is 35.2 Å². The molecule has 3 rings (SSSR count). The molecule has 0 fully saturated rings. The Kier molecular flexibility index (Phi) is 8.77. The number of aromatic nitrogens is 1. The first-order chi connectivity index (χ1) is 16.9. The highest BCUT2D eigenvalue weighted by molar-refractivity contribution is 5.98. The first-order valence-electron chi connectivity index (χ1n) is 12.6. The molecule has 1 aromatic heterocycles. The van der Waals surface area contributed by atoms with Crippen molar-refractivity contribution in [1.29, 1.82) is 0 Å². The summed E-state index contributed by atoms with van der Waals surface area (Å²) in [6.45, 7) is 12.3. The van der Waals surface area contributed by atoms with Crippen molar-refractivity contribution in [3.63, 3.8) is 0 Å². The second-order valence-corrected chi connectivity index (χ2v) is 10.9. The summed E-state index contributed by atoms with van der Waals surface area (Å²) in [4.78, 5) is 28.1. The fraction of sp³-hybridized carbons (Fsp3) is 0.448. The van der Waals surface area contributed by atoms with Gasteiger partial charge in [-0.1, -0.05) is 39.0 Å². The predicted molar refractivity (Wildman–Crippen MR) is 142 cm³/mol. The van der Waals surface area contributed by atoms with Crippen molar-refractivity contribution in [1.82, 2.24) is 15.6 Å². The SMILES string of the molecule is CC(C)C(CC[C@H](C)CNC(=O)c1cc2cc(-c3ccc(F)cc3)ccc2[nH]1)NC(=O)OC(C)(C)C. The van der Waals surface area contributed by atoms with Gasteiger partial charge in [-0.15, -0.1) is 0 Å². The van der Waals surface area contributed by atoms with Gasteiger partial charge in [-0.3, -0.25) is 4.79 Å². The number of ether oxygens (including phenoxy) is 1. The average Bonchev–Trinajstić information content (AvgIpc) is 3.23. The number of alkyl carbamates (subject to hydrolysis) is 1. The molecule has 0 radical (unpaired) electrons. The lowest BCUT2D eigenvalue weighted by Gasteiger charge is -2.26. The van der Waals surface area contributed by atoms with Gasteiger partial charge in [0, 0.05) is 23.5 Å². The normalized spacial score (nSPS) is 13.4. The molecule has 0 aliphatic carbocycles. The van der Waals surface area contributed by atoms with Crippen molar-refractivity contribution in [2.24, 2.45) is 11.8 Å². The van der Waals surface area contributed by atoms with Gasteiger partial charge in [0.1, 0.15) is 17.1 Å². The number of nitrogens with one attached hydrogen (secondary N) is 3. The van der Waals surface area contributed by atoms with Crippen LogP contribution in [-0.2, 0) is 4.74 Å². The molecule has 3 N–H and O–H groups in total. The van der Waals surface area contributed by atoms with Crippen LogP contribution in [0.25, 0.3) is 22.0 Å². The van der Waals surface area contributed by atoms with Gasteiger partial charge in [0.15, 0.2) is 0 Å². The van der Waals surface area contributed by atoms with E-state index < -0.39 is 11.7 Å². The molecular weight excluding hydrogens is 457 g/mol. The molecule has 1 unspecified atom stereocenters. The largest absolute Gasteiger partial charge is 0.444 e. The van der Waals surface area contributed by atoms with Crippen LogP contribution in [0.1, 0.15) is 64.9 Å². The van der Waals surface area contributed by atoms with Crippen LogP contribution >= 0.6 is 0 Å². The van der Waals surface area contributed by atoms with Crippen molar-refractivity contribution in [3.05, 3.63) is 60.0 Å². The highest BCUT2D eigenvalue weighted by atomic mass is 19.1. The van der Waals surface area contributed by atoms with Gasteiger partial charge in [0.05, 0.1) is 0 Å². The number of hydrogen-bond donors (Lipinski definition) is 3. The number of halogens is 1. The standard InChI is InChI=1S/C29H38FN3O3/c1-18(2)24(33-28(35)36-29(4,5)6)13-7-19(3)17-31-27(34)26-16-22-15-21(10-14-25(22)32-26)20-8-11-23(30)12-9-20/h8-12,14-16,18-19,24,32H,7,13,17H2,1-6H3,(H,31,34)(H,33,35)/t19-,24?/m0/s1. The lowest BCUT2D eigenvalue weighted by molar-refractivity contribution is 0.0485. The molecule has 0 spiro atoms. The Morgan fingerprint density at radius 3 is 2.28 bits per heavy atom. The number of H-pyrrole nitrogens is 1. The first-order valence-corrected chi connectivity index (χ1v) is 12.6. The molecule has 2 atom stereocenters. The number of aromatic amines is 1. The predicted octanol–water partition coefficient (Wildman–Crippen LogP) is 6.67. The number of rotatable bonds is 9. The minimum absolute atomic E-state index is 0.00186. The smallest absolute Gasteiger partial charge is 0.407 e. The van der Waals surface area contributed by atoms with E-state index in [4.69, 9.17) is 4.74 Å². The molecule has 194 valence electrons. The molecule has 36 heavy (non-hydrogen) atoms. The van der Waals surface area contributed by atoms with E-state index in [-0.39, 0.29) is 29.6 Å². The van der Waals surface area contributed by atoms with Crippen LogP contribution < -0.4 is 10.6 Å². The van der Waals surface area contributed by atoms with Crippen LogP contribution in [0.2, 0.25) is 0 Å². The maximum atomic E-state index is 13.2. The fourth-order valence-electron chi connectivity index (χ4n) is 4.04. The van der Waals surface area contributed by atoms with Crippen molar-refractivity contribution >= 4 is 22.9 Å². The van der Waals surface area contributed by atoms with Crippen LogP contribution in [0.3, 0.4) is 0 Å². The summed E-state index contributed by atoms with van der Waals surface area (Å²) in [6.07, 6.45) is 1.25. The zero-order chi connectivity index (χ0) is 26.5. The van der Waals surface area contributed by atoms with E-state index in [0.29, 0.717) is 12.2 Å². The van der Waals surface area contributed by atoms with Crippen molar-refractivity contribution in [2.45, 2.75) is 66.0 Å². The number of carbonyl (C=O) groups is 2. The maximum absolute atomic E-state index is 13.2. The third-order valence-corrected chi connectivity index (χ3v) is 6.13. The van der Waals surface area contributed by atoms with Crippen LogP contribution in [0.15, 0.2) is 48.5 Å². The molecule has 2 amide bonds. The van der Waals surface area contributed by atoms with Crippen LogP contribution in [0.5, 0.6) is 0 Å². The zero-order valence-electron chi connectivity index (χ0n) is 22.1. The Balaban J connectivity index is 1.53.